The van der Waals surface area contributed by atoms with Crippen LogP contribution >= 0.6 is 36.2 Å². The Hall–Kier alpha value is -0.330. The van der Waals surface area contributed by atoms with Gasteiger partial charge in [0, 0.05) is 23.8 Å². The molecule has 2 rings (SSSR count). The van der Waals surface area contributed by atoms with Gasteiger partial charge in [-0.1, -0.05) is 0 Å². The standard InChI is InChI=1S/C7H9N3S.2ClH.H2O/c1-5-3-10-4-6(2-8)9-7(10)11-5;;;/h3-4H,2,8H2,1H3;2*1H;1H2. The maximum Gasteiger partial charge on any atom is 0.194 e. The molecule has 2 heterocycles. The average molecular weight is 258 g/mol. The molecule has 2 aromatic heterocycles. The van der Waals surface area contributed by atoms with Crippen LogP contribution in [-0.2, 0) is 6.54 Å². The summed E-state index contributed by atoms with van der Waals surface area (Å²) in [6.07, 6.45) is 4.03. The lowest BCUT2D eigenvalue weighted by atomic mass is 10.5. The number of nitrogens with two attached hydrogens (primary N) is 1. The number of hydrogen-bond donors (Lipinski definition) is 1. The number of aryl methyl sites for hydroxylation is 1. The van der Waals surface area contributed by atoms with Gasteiger partial charge in [0.1, 0.15) is 0 Å². The highest BCUT2D eigenvalue weighted by Gasteiger charge is 2.01. The molecule has 0 saturated heterocycles. The van der Waals surface area contributed by atoms with Gasteiger partial charge in [-0.05, 0) is 6.92 Å². The van der Waals surface area contributed by atoms with Crippen molar-refractivity contribution in [2.75, 3.05) is 0 Å². The van der Waals surface area contributed by atoms with Crippen molar-refractivity contribution in [2.24, 2.45) is 5.73 Å². The van der Waals surface area contributed by atoms with Gasteiger partial charge < -0.3 is 11.2 Å². The number of nitrogens with zero attached hydrogens (tertiary/aromatic N) is 2. The molecule has 0 aliphatic rings. The third kappa shape index (κ3) is 2.83. The fourth-order valence-electron chi connectivity index (χ4n) is 1.06. The van der Waals surface area contributed by atoms with Gasteiger partial charge >= 0.3 is 0 Å². The van der Waals surface area contributed by atoms with Gasteiger partial charge in [0.15, 0.2) is 4.96 Å². The van der Waals surface area contributed by atoms with Gasteiger partial charge in [0.2, 0.25) is 0 Å². The lowest BCUT2D eigenvalue weighted by Crippen LogP contribution is -1.95. The second-order valence-corrected chi connectivity index (χ2v) is 3.68. The smallest absolute Gasteiger partial charge is 0.194 e. The van der Waals surface area contributed by atoms with Crippen molar-refractivity contribution < 1.29 is 5.48 Å². The molecule has 14 heavy (non-hydrogen) atoms. The van der Waals surface area contributed by atoms with Crippen molar-refractivity contribution in [1.29, 1.82) is 0 Å². The summed E-state index contributed by atoms with van der Waals surface area (Å²) in [6, 6.07) is 0. The number of rotatable bonds is 1. The monoisotopic (exact) mass is 257 g/mol. The first-order valence-electron chi connectivity index (χ1n) is 3.43. The molecular weight excluding hydrogens is 245 g/mol. The van der Waals surface area contributed by atoms with Crippen molar-refractivity contribution in [3.8, 4) is 0 Å². The van der Waals surface area contributed by atoms with E-state index in [0.717, 1.165) is 10.7 Å². The normalized spacial score (nSPS) is 8.71. The van der Waals surface area contributed by atoms with E-state index in [1.54, 1.807) is 11.3 Å². The lowest BCUT2D eigenvalue weighted by Gasteiger charge is -1.81. The predicted octanol–water partition coefficient (Wildman–Crippen LogP) is 1.18. The van der Waals surface area contributed by atoms with E-state index in [-0.39, 0.29) is 30.3 Å². The zero-order valence-corrected chi connectivity index (χ0v) is 10.0. The molecular formula is C7H13Cl2N3OS. The Kier molecular flexibility index (Phi) is 7.15. The summed E-state index contributed by atoms with van der Waals surface area (Å²) in [6.45, 7) is 2.59. The van der Waals surface area contributed by atoms with Gasteiger partial charge in [-0.2, -0.15) is 0 Å². The topological polar surface area (TPSA) is 74.8 Å². The van der Waals surface area contributed by atoms with Crippen LogP contribution in [0.3, 0.4) is 0 Å². The second kappa shape index (κ2) is 6.21. The van der Waals surface area contributed by atoms with Crippen molar-refractivity contribution in [2.45, 2.75) is 13.5 Å². The number of aromatic nitrogens is 2. The molecule has 0 saturated carbocycles. The summed E-state index contributed by atoms with van der Waals surface area (Å²) in [7, 11) is 0. The molecule has 4 nitrogen and oxygen atoms in total. The van der Waals surface area contributed by atoms with E-state index in [4.69, 9.17) is 5.73 Å². The molecule has 7 heteroatoms. The summed E-state index contributed by atoms with van der Waals surface area (Å²) in [5.74, 6) is 0. The molecule has 0 fully saturated rings. The molecule has 82 valence electrons. The highest BCUT2D eigenvalue weighted by molar-refractivity contribution is 7.16. The van der Waals surface area contributed by atoms with E-state index < -0.39 is 0 Å². The molecule has 0 unspecified atom stereocenters. The van der Waals surface area contributed by atoms with Crippen molar-refractivity contribution in [3.05, 3.63) is 23.0 Å². The van der Waals surface area contributed by atoms with E-state index in [1.807, 2.05) is 10.6 Å². The minimum atomic E-state index is 0. The molecule has 0 amide bonds. The molecule has 4 N–H and O–H groups in total. The third-order valence-corrected chi connectivity index (χ3v) is 2.44. The SMILES string of the molecule is Cc1cn2cc(CN)nc2s1.Cl.Cl.O. The van der Waals surface area contributed by atoms with Crippen LogP contribution in [0.1, 0.15) is 10.6 Å². The fraction of sp³-hybridized carbons (Fsp3) is 0.286. The largest absolute Gasteiger partial charge is 0.412 e. The Morgan fingerprint density at radius 2 is 2.07 bits per heavy atom. The van der Waals surface area contributed by atoms with Crippen LogP contribution < -0.4 is 5.73 Å². The minimum absolute atomic E-state index is 0. The molecule has 0 atom stereocenters. The van der Waals surface area contributed by atoms with E-state index >= 15 is 0 Å². The number of halogens is 2. The summed E-state index contributed by atoms with van der Waals surface area (Å²) < 4.78 is 2.02. The molecule has 0 spiro atoms. The maximum absolute atomic E-state index is 5.44. The molecule has 0 bridgehead atoms. The number of imidazole rings is 1. The first-order chi connectivity index (χ1) is 5.29. The number of thiazole rings is 1. The van der Waals surface area contributed by atoms with Crippen LogP contribution in [0.2, 0.25) is 0 Å². The highest BCUT2D eigenvalue weighted by Crippen LogP contribution is 2.15. The fourth-order valence-corrected chi connectivity index (χ4v) is 1.89. The molecule has 0 radical (unpaired) electrons. The van der Waals surface area contributed by atoms with Crippen LogP contribution in [0.5, 0.6) is 0 Å². The maximum atomic E-state index is 5.44. The summed E-state index contributed by atoms with van der Waals surface area (Å²) in [5, 5.41) is 0. The Labute approximate surface area is 98.3 Å². The Morgan fingerprint density at radius 3 is 2.57 bits per heavy atom. The van der Waals surface area contributed by atoms with Crippen LogP contribution in [0.4, 0.5) is 0 Å². The second-order valence-electron chi connectivity index (χ2n) is 2.47. The van der Waals surface area contributed by atoms with Crippen molar-refractivity contribution >= 4 is 41.1 Å². The van der Waals surface area contributed by atoms with Crippen LogP contribution in [0.15, 0.2) is 12.4 Å². The van der Waals surface area contributed by atoms with Crippen molar-refractivity contribution in [3.63, 3.8) is 0 Å². The molecule has 0 aliphatic carbocycles. The first-order valence-corrected chi connectivity index (χ1v) is 4.25. The number of fused-ring (bicyclic) bond motifs is 1. The van der Waals surface area contributed by atoms with Crippen LogP contribution in [0.25, 0.3) is 4.96 Å². The summed E-state index contributed by atoms with van der Waals surface area (Å²) >= 11 is 1.68. The quantitative estimate of drug-likeness (QED) is 0.834. The van der Waals surface area contributed by atoms with E-state index in [9.17, 15) is 0 Å². The van der Waals surface area contributed by atoms with Gasteiger partial charge in [0.05, 0.1) is 5.69 Å². The van der Waals surface area contributed by atoms with Gasteiger partial charge in [0.25, 0.3) is 0 Å². The van der Waals surface area contributed by atoms with E-state index in [0.29, 0.717) is 6.54 Å². The average Bonchev–Trinajstić information content (AvgIpc) is 2.43. The van der Waals surface area contributed by atoms with Gasteiger partial charge in [-0.15, -0.1) is 36.2 Å². The first kappa shape index (κ1) is 16.1. The predicted molar refractivity (Wildman–Crippen MR) is 63.8 cm³/mol. The van der Waals surface area contributed by atoms with Crippen LogP contribution in [-0.4, -0.2) is 14.9 Å². The third-order valence-electron chi connectivity index (χ3n) is 1.53. The summed E-state index contributed by atoms with van der Waals surface area (Å²) in [5.41, 5.74) is 6.39. The van der Waals surface area contributed by atoms with Crippen LogP contribution in [0, 0.1) is 6.92 Å². The Morgan fingerprint density at radius 1 is 1.43 bits per heavy atom. The zero-order chi connectivity index (χ0) is 7.84. The summed E-state index contributed by atoms with van der Waals surface area (Å²) in [4.78, 5) is 6.61. The lowest BCUT2D eigenvalue weighted by molar-refractivity contribution is 0.824. The highest BCUT2D eigenvalue weighted by atomic mass is 35.5. The Bertz CT molecular complexity index is 356. The molecule has 0 aliphatic heterocycles. The van der Waals surface area contributed by atoms with Crippen molar-refractivity contribution in [1.82, 2.24) is 9.38 Å². The van der Waals surface area contributed by atoms with Gasteiger partial charge in [-0.3, -0.25) is 4.40 Å². The van der Waals surface area contributed by atoms with Gasteiger partial charge in [-0.25, -0.2) is 4.98 Å². The number of hydrogen-bond acceptors (Lipinski definition) is 3. The van der Waals surface area contributed by atoms with E-state index in [1.165, 1.54) is 4.88 Å². The van der Waals surface area contributed by atoms with E-state index in [2.05, 4.69) is 18.1 Å². The Balaban J connectivity index is 0. The zero-order valence-electron chi connectivity index (χ0n) is 7.56. The molecule has 2 aromatic rings. The molecule has 0 aromatic carbocycles. The minimum Gasteiger partial charge on any atom is -0.412 e.